The summed E-state index contributed by atoms with van der Waals surface area (Å²) in [6.45, 7) is 1.81. The van der Waals surface area contributed by atoms with Gasteiger partial charge in [-0.15, -0.1) is 0 Å². The van der Waals surface area contributed by atoms with Gasteiger partial charge in [0.25, 0.3) is 5.69 Å². The van der Waals surface area contributed by atoms with Crippen LogP contribution >= 0.6 is 11.6 Å². The first-order valence-corrected chi connectivity index (χ1v) is 10.7. The van der Waals surface area contributed by atoms with Crippen LogP contribution in [0.3, 0.4) is 0 Å². The fraction of sp³-hybridized carbons (Fsp3) is 0.160. The zero-order valence-corrected chi connectivity index (χ0v) is 19.0. The number of nitro groups is 1. The molecule has 3 aromatic rings. The monoisotopic (exact) mass is 480 g/mol. The highest BCUT2D eigenvalue weighted by atomic mass is 35.5. The zero-order chi connectivity index (χ0) is 24.7. The second-order valence-corrected chi connectivity index (χ2v) is 7.89. The molecule has 3 aromatic carbocycles. The highest BCUT2D eigenvalue weighted by molar-refractivity contribution is 6.31. The van der Waals surface area contributed by atoms with Gasteiger partial charge in [0.15, 0.2) is 6.10 Å². The minimum Gasteiger partial charge on any atom is -0.449 e. The number of nitrogens with one attached hydrogen (secondary N) is 1. The Morgan fingerprint density at radius 2 is 1.68 bits per heavy atom. The minimum atomic E-state index is -1.31. The molecule has 0 aliphatic rings. The molecule has 174 valence electrons. The second kappa shape index (κ2) is 11.2. The Balaban J connectivity index is 1.70. The van der Waals surface area contributed by atoms with Crippen LogP contribution in [0.5, 0.6) is 0 Å². The number of carbonyl (C=O) groups excluding carboxylic acids is 3. The van der Waals surface area contributed by atoms with Crippen LogP contribution in [0.1, 0.15) is 40.4 Å². The van der Waals surface area contributed by atoms with E-state index in [1.165, 1.54) is 24.3 Å². The first kappa shape index (κ1) is 24.6. The molecular formula is C25H21ClN2O6. The average molecular weight is 481 g/mol. The lowest BCUT2D eigenvalue weighted by molar-refractivity contribution is -0.384. The molecule has 8 nitrogen and oxygen atoms in total. The number of non-ortho nitro benzene ring substituents is 1. The summed E-state index contributed by atoms with van der Waals surface area (Å²) in [5, 5.41) is 14.1. The first-order chi connectivity index (χ1) is 16.2. The van der Waals surface area contributed by atoms with Crippen LogP contribution in [-0.4, -0.2) is 22.6 Å². The lowest BCUT2D eigenvalue weighted by Crippen LogP contribution is -2.21. The number of hydrogen-bond donors (Lipinski definition) is 1. The predicted molar refractivity (Wildman–Crippen MR) is 127 cm³/mol. The van der Waals surface area contributed by atoms with Gasteiger partial charge in [-0.3, -0.25) is 24.5 Å². The summed E-state index contributed by atoms with van der Waals surface area (Å²) in [6.07, 6.45) is -1.75. The van der Waals surface area contributed by atoms with E-state index in [1.54, 1.807) is 48.5 Å². The van der Waals surface area contributed by atoms with E-state index in [2.05, 4.69) is 5.32 Å². The fourth-order valence-electron chi connectivity index (χ4n) is 3.15. The molecule has 0 radical (unpaired) electrons. The Morgan fingerprint density at radius 3 is 2.32 bits per heavy atom. The lowest BCUT2D eigenvalue weighted by atomic mass is 9.99. The summed E-state index contributed by atoms with van der Waals surface area (Å²) < 4.78 is 5.44. The Hall–Kier alpha value is -4.04. The third-order valence-corrected chi connectivity index (χ3v) is 5.22. The molecule has 34 heavy (non-hydrogen) atoms. The van der Waals surface area contributed by atoms with Gasteiger partial charge in [-0.05, 0) is 36.8 Å². The molecule has 0 spiro atoms. The molecule has 1 atom stereocenters. The summed E-state index contributed by atoms with van der Waals surface area (Å²) in [4.78, 5) is 48.3. The van der Waals surface area contributed by atoms with Crippen molar-refractivity contribution >= 4 is 40.6 Å². The number of halogens is 1. The number of ketones is 1. The van der Waals surface area contributed by atoms with E-state index < -0.39 is 28.7 Å². The Kier molecular flexibility index (Phi) is 8.10. The molecule has 0 bridgehead atoms. The van der Waals surface area contributed by atoms with Crippen molar-refractivity contribution in [2.75, 3.05) is 5.32 Å². The molecule has 0 saturated heterocycles. The van der Waals surface area contributed by atoms with Crippen molar-refractivity contribution in [2.45, 2.75) is 25.9 Å². The van der Waals surface area contributed by atoms with E-state index in [-0.39, 0.29) is 24.1 Å². The van der Waals surface area contributed by atoms with Crippen LogP contribution in [0.25, 0.3) is 0 Å². The largest absolute Gasteiger partial charge is 0.449 e. The van der Waals surface area contributed by atoms with Crippen molar-refractivity contribution in [3.63, 3.8) is 0 Å². The third-order valence-electron chi connectivity index (χ3n) is 4.98. The van der Waals surface area contributed by atoms with Crippen molar-refractivity contribution in [3.8, 4) is 0 Å². The van der Waals surface area contributed by atoms with E-state index in [0.29, 0.717) is 16.3 Å². The molecule has 1 amide bonds. The highest BCUT2D eigenvalue weighted by Crippen LogP contribution is 2.26. The topological polar surface area (TPSA) is 116 Å². The van der Waals surface area contributed by atoms with Gasteiger partial charge in [-0.25, -0.2) is 0 Å². The van der Waals surface area contributed by atoms with Crippen LogP contribution in [0, 0.1) is 17.0 Å². The van der Waals surface area contributed by atoms with Crippen LogP contribution in [0.2, 0.25) is 5.02 Å². The van der Waals surface area contributed by atoms with E-state index in [0.717, 1.165) is 5.56 Å². The number of nitrogens with zero attached hydrogens (tertiary/aromatic N) is 1. The number of carbonyl (C=O) groups is 3. The quantitative estimate of drug-likeness (QED) is 0.188. The van der Waals surface area contributed by atoms with E-state index in [9.17, 15) is 24.5 Å². The number of aryl methyl sites for hydroxylation is 1. The van der Waals surface area contributed by atoms with Crippen molar-refractivity contribution in [2.24, 2.45) is 0 Å². The van der Waals surface area contributed by atoms with Crippen LogP contribution in [0.4, 0.5) is 11.4 Å². The first-order valence-electron chi connectivity index (χ1n) is 10.3. The SMILES string of the molecule is Cc1ccc(Cl)cc1NC(=O)CCC(=O)O[C@@H](C(=O)c1ccccc1)c1ccc([N+](=O)[O-])cc1. The number of anilines is 1. The Morgan fingerprint density at radius 1 is 1.00 bits per heavy atom. The summed E-state index contributed by atoms with van der Waals surface area (Å²) in [7, 11) is 0. The van der Waals surface area contributed by atoms with Gasteiger partial charge in [0.05, 0.1) is 11.3 Å². The van der Waals surface area contributed by atoms with Crippen molar-refractivity contribution in [1.82, 2.24) is 0 Å². The number of ether oxygens (including phenoxy) is 1. The molecular weight excluding hydrogens is 460 g/mol. The smallest absolute Gasteiger partial charge is 0.307 e. The highest BCUT2D eigenvalue weighted by Gasteiger charge is 2.27. The molecule has 3 rings (SSSR count). The lowest BCUT2D eigenvalue weighted by Gasteiger charge is -2.17. The number of esters is 1. The Labute approximate surface area is 200 Å². The van der Waals surface area contributed by atoms with Gasteiger partial charge >= 0.3 is 5.97 Å². The van der Waals surface area contributed by atoms with Gasteiger partial charge < -0.3 is 10.1 Å². The van der Waals surface area contributed by atoms with E-state index in [1.807, 2.05) is 6.92 Å². The molecule has 0 heterocycles. The van der Waals surface area contributed by atoms with E-state index >= 15 is 0 Å². The van der Waals surface area contributed by atoms with Crippen LogP contribution in [-0.2, 0) is 14.3 Å². The van der Waals surface area contributed by atoms with Crippen molar-refractivity contribution in [3.05, 3.63) is 105 Å². The molecule has 0 aromatic heterocycles. The van der Waals surface area contributed by atoms with Crippen molar-refractivity contribution < 1.29 is 24.0 Å². The number of nitro benzene ring substituents is 1. The Bertz CT molecular complexity index is 1210. The molecule has 1 N–H and O–H groups in total. The number of amides is 1. The third kappa shape index (κ3) is 6.49. The number of benzene rings is 3. The second-order valence-electron chi connectivity index (χ2n) is 7.46. The zero-order valence-electron chi connectivity index (χ0n) is 18.2. The molecule has 0 fully saturated rings. The minimum absolute atomic E-state index is 0.158. The average Bonchev–Trinajstić information content (AvgIpc) is 2.83. The maximum Gasteiger partial charge on any atom is 0.307 e. The molecule has 0 unspecified atom stereocenters. The summed E-state index contributed by atoms with van der Waals surface area (Å²) in [5.41, 5.74) is 1.79. The van der Waals surface area contributed by atoms with Gasteiger partial charge in [0.1, 0.15) is 0 Å². The van der Waals surface area contributed by atoms with Crippen LogP contribution < -0.4 is 5.32 Å². The predicted octanol–water partition coefficient (Wildman–Crippen LogP) is 5.44. The van der Waals surface area contributed by atoms with E-state index in [4.69, 9.17) is 16.3 Å². The summed E-state index contributed by atoms with van der Waals surface area (Å²) >= 11 is 5.96. The normalized spacial score (nSPS) is 11.4. The molecule has 9 heteroatoms. The fourth-order valence-corrected chi connectivity index (χ4v) is 3.32. The maximum absolute atomic E-state index is 13.0. The van der Waals surface area contributed by atoms with Crippen LogP contribution in [0.15, 0.2) is 72.8 Å². The standard InChI is InChI=1S/C25H21ClN2O6/c1-16-7-10-19(26)15-21(16)27-22(29)13-14-23(30)34-25(24(31)17-5-3-2-4-6-17)18-8-11-20(12-9-18)28(32)33/h2-12,15,25H,13-14H2,1H3,(H,27,29)/t25-/m1/s1. The van der Waals surface area contributed by atoms with Gasteiger partial charge in [0.2, 0.25) is 11.7 Å². The number of rotatable bonds is 9. The summed E-state index contributed by atoms with van der Waals surface area (Å²) in [5.74, 6) is -1.66. The van der Waals surface area contributed by atoms with Gasteiger partial charge in [-0.1, -0.05) is 48.0 Å². The van der Waals surface area contributed by atoms with Gasteiger partial charge in [-0.2, -0.15) is 0 Å². The maximum atomic E-state index is 13.0. The number of Topliss-reactive ketones (excluding diaryl/α,β-unsaturated/α-hetero) is 1. The summed E-state index contributed by atoms with van der Waals surface area (Å²) in [6, 6.07) is 18.5. The van der Waals surface area contributed by atoms with Crippen molar-refractivity contribution in [1.29, 1.82) is 0 Å². The van der Waals surface area contributed by atoms with Gasteiger partial charge in [0, 0.05) is 40.4 Å². The molecule has 0 aliphatic carbocycles. The number of hydrogen-bond acceptors (Lipinski definition) is 6. The molecule has 0 aliphatic heterocycles. The molecule has 0 saturated carbocycles.